The van der Waals surface area contributed by atoms with E-state index in [0.29, 0.717) is 26.1 Å². The van der Waals surface area contributed by atoms with Crippen LogP contribution in [0.4, 0.5) is 0 Å². The summed E-state index contributed by atoms with van der Waals surface area (Å²) in [5.74, 6) is -0.0514. The van der Waals surface area contributed by atoms with Crippen LogP contribution >= 0.6 is 0 Å². The molecule has 0 aliphatic heterocycles. The summed E-state index contributed by atoms with van der Waals surface area (Å²) in [5, 5.41) is 0. The van der Waals surface area contributed by atoms with Gasteiger partial charge in [0, 0.05) is 12.8 Å². The number of esters is 2. The van der Waals surface area contributed by atoms with E-state index in [4.69, 9.17) is 9.47 Å². The number of carbonyl (C=O) groups is 2. The predicted octanol–water partition coefficient (Wildman–Crippen LogP) is 9.25. The number of ether oxygens (including phenoxy) is 2. The maximum atomic E-state index is 11.7. The Balaban J connectivity index is 3.28. The molecule has 4 heteroatoms. The summed E-state index contributed by atoms with van der Waals surface area (Å²) in [6.07, 6.45) is 28.8. The number of unbranched alkanes of at least 4 members (excludes halogenated alkanes) is 16. The SMILES string of the molecule is CCCCCCCOC(=O)CCCC/C=C/CCCCCCCCC(=O)OCCCCCCC. The molecule has 4 nitrogen and oxygen atoms in total. The van der Waals surface area contributed by atoms with Crippen molar-refractivity contribution in [2.24, 2.45) is 0 Å². The summed E-state index contributed by atoms with van der Waals surface area (Å²) >= 11 is 0. The van der Waals surface area contributed by atoms with Gasteiger partial charge in [-0.1, -0.05) is 103 Å². The van der Waals surface area contributed by atoms with Crippen molar-refractivity contribution in [2.45, 2.75) is 155 Å². The van der Waals surface area contributed by atoms with E-state index < -0.39 is 0 Å². The van der Waals surface area contributed by atoms with Crippen LogP contribution in [0.2, 0.25) is 0 Å². The van der Waals surface area contributed by atoms with Crippen molar-refractivity contribution in [1.82, 2.24) is 0 Å². The van der Waals surface area contributed by atoms with Crippen LogP contribution in [0.15, 0.2) is 12.2 Å². The van der Waals surface area contributed by atoms with Gasteiger partial charge in [-0.2, -0.15) is 0 Å². The highest BCUT2D eigenvalue weighted by Gasteiger charge is 2.03. The molecule has 0 spiro atoms. The zero-order valence-corrected chi connectivity index (χ0v) is 22.8. The highest BCUT2D eigenvalue weighted by atomic mass is 16.5. The number of hydrogen-bond acceptors (Lipinski definition) is 4. The quantitative estimate of drug-likeness (QED) is 0.0703. The molecule has 0 atom stereocenters. The van der Waals surface area contributed by atoms with Crippen molar-refractivity contribution in [2.75, 3.05) is 13.2 Å². The fraction of sp³-hybridized carbons (Fsp3) is 0.867. The lowest BCUT2D eigenvalue weighted by Gasteiger charge is -2.05. The molecular formula is C30H56O4. The van der Waals surface area contributed by atoms with Gasteiger partial charge in [0.2, 0.25) is 0 Å². The summed E-state index contributed by atoms with van der Waals surface area (Å²) in [6, 6.07) is 0. The third kappa shape index (κ3) is 26.9. The van der Waals surface area contributed by atoms with Gasteiger partial charge in [-0.25, -0.2) is 0 Å². The van der Waals surface area contributed by atoms with Crippen molar-refractivity contribution >= 4 is 11.9 Å². The van der Waals surface area contributed by atoms with Gasteiger partial charge in [-0.15, -0.1) is 0 Å². The Labute approximate surface area is 211 Å². The van der Waals surface area contributed by atoms with E-state index in [2.05, 4.69) is 26.0 Å². The average Bonchev–Trinajstić information content (AvgIpc) is 2.83. The molecule has 0 radical (unpaired) electrons. The minimum absolute atomic E-state index is 0.0182. The third-order valence-corrected chi connectivity index (χ3v) is 6.19. The summed E-state index contributed by atoms with van der Waals surface area (Å²) in [4.78, 5) is 23.4. The lowest BCUT2D eigenvalue weighted by molar-refractivity contribution is -0.144. The first-order valence-electron chi connectivity index (χ1n) is 14.7. The van der Waals surface area contributed by atoms with Gasteiger partial charge >= 0.3 is 11.9 Å². The zero-order chi connectivity index (χ0) is 25.0. The fourth-order valence-electron chi connectivity index (χ4n) is 3.93. The molecule has 0 aromatic heterocycles. The summed E-state index contributed by atoms with van der Waals surface area (Å²) in [7, 11) is 0. The predicted molar refractivity (Wildman–Crippen MR) is 144 cm³/mol. The molecule has 0 rings (SSSR count). The molecule has 0 fully saturated rings. The monoisotopic (exact) mass is 480 g/mol. The number of rotatable bonds is 26. The highest BCUT2D eigenvalue weighted by molar-refractivity contribution is 5.69. The van der Waals surface area contributed by atoms with E-state index in [-0.39, 0.29) is 11.9 Å². The first-order chi connectivity index (χ1) is 16.7. The van der Waals surface area contributed by atoms with Gasteiger partial charge in [0.15, 0.2) is 0 Å². The molecule has 200 valence electrons. The van der Waals surface area contributed by atoms with Crippen LogP contribution in [0.1, 0.15) is 155 Å². The number of carbonyl (C=O) groups excluding carboxylic acids is 2. The molecule has 0 aromatic carbocycles. The Morgan fingerprint density at radius 3 is 1.32 bits per heavy atom. The van der Waals surface area contributed by atoms with Crippen molar-refractivity contribution in [3.63, 3.8) is 0 Å². The average molecular weight is 481 g/mol. The van der Waals surface area contributed by atoms with Crippen LogP contribution in [-0.2, 0) is 19.1 Å². The van der Waals surface area contributed by atoms with Gasteiger partial charge in [-0.05, 0) is 51.4 Å². The molecule has 0 aliphatic carbocycles. The normalized spacial score (nSPS) is 11.2. The van der Waals surface area contributed by atoms with Crippen LogP contribution in [0.3, 0.4) is 0 Å². The van der Waals surface area contributed by atoms with Crippen molar-refractivity contribution in [1.29, 1.82) is 0 Å². The lowest BCUT2D eigenvalue weighted by Crippen LogP contribution is -2.05. The molecule has 0 aromatic rings. The number of hydrogen-bond donors (Lipinski definition) is 0. The molecule has 0 heterocycles. The molecule has 0 unspecified atom stereocenters. The third-order valence-electron chi connectivity index (χ3n) is 6.19. The summed E-state index contributed by atoms with van der Waals surface area (Å²) in [6.45, 7) is 5.61. The maximum Gasteiger partial charge on any atom is 0.305 e. The van der Waals surface area contributed by atoms with E-state index in [1.165, 1.54) is 77.0 Å². The zero-order valence-electron chi connectivity index (χ0n) is 22.8. The Morgan fingerprint density at radius 1 is 0.471 bits per heavy atom. The van der Waals surface area contributed by atoms with Crippen LogP contribution in [-0.4, -0.2) is 25.2 Å². The maximum absolute atomic E-state index is 11.7. The Morgan fingerprint density at radius 2 is 0.824 bits per heavy atom. The second-order valence-electron chi connectivity index (χ2n) is 9.65. The minimum atomic E-state index is -0.0332. The molecule has 34 heavy (non-hydrogen) atoms. The molecular weight excluding hydrogens is 424 g/mol. The summed E-state index contributed by atoms with van der Waals surface area (Å²) in [5.41, 5.74) is 0. The molecule has 0 N–H and O–H groups in total. The molecule has 0 amide bonds. The molecule has 0 bridgehead atoms. The lowest BCUT2D eigenvalue weighted by atomic mass is 10.1. The van der Waals surface area contributed by atoms with Crippen molar-refractivity contribution in [3.8, 4) is 0 Å². The van der Waals surface area contributed by atoms with Crippen LogP contribution in [0, 0.1) is 0 Å². The fourth-order valence-corrected chi connectivity index (χ4v) is 3.93. The van der Waals surface area contributed by atoms with Crippen LogP contribution in [0.5, 0.6) is 0 Å². The van der Waals surface area contributed by atoms with E-state index in [0.717, 1.165) is 51.4 Å². The van der Waals surface area contributed by atoms with Crippen molar-refractivity contribution in [3.05, 3.63) is 12.2 Å². The van der Waals surface area contributed by atoms with E-state index in [9.17, 15) is 9.59 Å². The second-order valence-corrected chi connectivity index (χ2v) is 9.65. The molecule has 0 saturated heterocycles. The smallest absolute Gasteiger partial charge is 0.305 e. The Kier molecular flexibility index (Phi) is 26.8. The van der Waals surface area contributed by atoms with Gasteiger partial charge < -0.3 is 9.47 Å². The van der Waals surface area contributed by atoms with E-state index >= 15 is 0 Å². The molecule has 0 saturated carbocycles. The highest BCUT2D eigenvalue weighted by Crippen LogP contribution is 2.11. The number of allylic oxidation sites excluding steroid dienone is 2. The Hall–Kier alpha value is -1.32. The van der Waals surface area contributed by atoms with E-state index in [1.54, 1.807) is 0 Å². The largest absolute Gasteiger partial charge is 0.466 e. The molecule has 0 aliphatic rings. The van der Waals surface area contributed by atoms with Crippen LogP contribution < -0.4 is 0 Å². The Bertz CT molecular complexity index is 472. The van der Waals surface area contributed by atoms with Crippen LogP contribution in [0.25, 0.3) is 0 Å². The second kappa shape index (κ2) is 27.9. The van der Waals surface area contributed by atoms with Gasteiger partial charge in [0.1, 0.15) is 0 Å². The van der Waals surface area contributed by atoms with Crippen molar-refractivity contribution < 1.29 is 19.1 Å². The minimum Gasteiger partial charge on any atom is -0.466 e. The van der Waals surface area contributed by atoms with Gasteiger partial charge in [0.25, 0.3) is 0 Å². The van der Waals surface area contributed by atoms with Gasteiger partial charge in [0.05, 0.1) is 13.2 Å². The first kappa shape index (κ1) is 32.7. The topological polar surface area (TPSA) is 52.6 Å². The van der Waals surface area contributed by atoms with Gasteiger partial charge in [-0.3, -0.25) is 9.59 Å². The standard InChI is InChI=1S/C30H56O4/c1-3-5-7-19-23-27-33-29(31)25-21-17-15-13-11-9-10-12-14-16-18-22-26-30(32)34-28-24-20-8-6-4-2/h11,13H,3-10,12,14-28H2,1-2H3/b13-11+. The summed E-state index contributed by atoms with van der Waals surface area (Å²) < 4.78 is 10.6. The van der Waals surface area contributed by atoms with E-state index in [1.807, 2.05) is 0 Å². The first-order valence-corrected chi connectivity index (χ1v) is 14.7.